The molecule has 0 atom stereocenters. The number of sulfonamides is 1. The highest BCUT2D eigenvalue weighted by Gasteiger charge is 2.30. The standard InChI is InChI=1S/C29H29NO8S2/c1-4-38-29(31)19-30(40(34,35)25-16-12-23(37-3)13-17-25)28-18-9-21(26-7-5-6-8-27(26)28)20-39(32,33)24-14-10-22(36-2)11-15-24/h5-18H,4,19-20H2,1-3H3. The minimum atomic E-state index is -4.23. The van der Waals surface area contributed by atoms with E-state index in [0.717, 1.165) is 4.31 Å². The van der Waals surface area contributed by atoms with Gasteiger partial charge in [-0.05, 0) is 72.5 Å². The van der Waals surface area contributed by atoms with Crippen LogP contribution in [0.2, 0.25) is 0 Å². The van der Waals surface area contributed by atoms with Crippen molar-refractivity contribution in [1.29, 1.82) is 0 Å². The average molecular weight is 584 g/mol. The van der Waals surface area contributed by atoms with Crippen molar-refractivity contribution in [2.24, 2.45) is 0 Å². The second-order valence-electron chi connectivity index (χ2n) is 8.72. The predicted molar refractivity (Wildman–Crippen MR) is 152 cm³/mol. The normalized spacial score (nSPS) is 11.7. The van der Waals surface area contributed by atoms with Gasteiger partial charge in [0.05, 0.1) is 42.1 Å². The van der Waals surface area contributed by atoms with E-state index >= 15 is 0 Å². The van der Waals surface area contributed by atoms with Crippen molar-refractivity contribution in [2.45, 2.75) is 22.5 Å². The number of esters is 1. The fourth-order valence-corrected chi connectivity index (χ4v) is 7.07. The van der Waals surface area contributed by atoms with Crippen molar-refractivity contribution >= 4 is 42.3 Å². The first-order valence-corrected chi connectivity index (χ1v) is 15.4. The van der Waals surface area contributed by atoms with Crippen molar-refractivity contribution in [3.8, 4) is 11.5 Å². The molecule has 0 N–H and O–H groups in total. The Hall–Kier alpha value is -4.09. The number of nitrogens with zero attached hydrogens (tertiary/aromatic N) is 1. The highest BCUT2D eigenvalue weighted by molar-refractivity contribution is 7.93. The van der Waals surface area contributed by atoms with E-state index in [1.807, 2.05) is 0 Å². The Morgan fingerprint density at radius 3 is 1.82 bits per heavy atom. The summed E-state index contributed by atoms with van der Waals surface area (Å²) in [5.74, 6) is -0.0319. The molecular formula is C29H29NO8S2. The van der Waals surface area contributed by atoms with Gasteiger partial charge in [-0.3, -0.25) is 9.10 Å². The van der Waals surface area contributed by atoms with Crippen LogP contribution in [-0.2, 0) is 35.1 Å². The van der Waals surface area contributed by atoms with Crippen LogP contribution in [0, 0.1) is 0 Å². The topological polar surface area (TPSA) is 116 Å². The van der Waals surface area contributed by atoms with E-state index in [0.29, 0.717) is 27.8 Å². The molecule has 0 saturated carbocycles. The lowest BCUT2D eigenvalue weighted by Crippen LogP contribution is -2.36. The van der Waals surface area contributed by atoms with Gasteiger partial charge in [-0.2, -0.15) is 0 Å². The van der Waals surface area contributed by atoms with Crippen LogP contribution in [0.5, 0.6) is 11.5 Å². The molecule has 0 aliphatic heterocycles. The third-order valence-corrected chi connectivity index (χ3v) is 9.70. The number of carbonyl (C=O) groups excluding carboxylic acids is 1. The minimum Gasteiger partial charge on any atom is -0.497 e. The van der Waals surface area contributed by atoms with Crippen molar-refractivity contribution in [1.82, 2.24) is 0 Å². The van der Waals surface area contributed by atoms with Gasteiger partial charge in [0.2, 0.25) is 0 Å². The summed E-state index contributed by atoms with van der Waals surface area (Å²) in [6.07, 6.45) is 0. The molecule has 0 unspecified atom stereocenters. The molecule has 0 aromatic heterocycles. The molecule has 210 valence electrons. The maximum Gasteiger partial charge on any atom is 0.326 e. The van der Waals surface area contributed by atoms with E-state index in [-0.39, 0.29) is 27.8 Å². The first-order chi connectivity index (χ1) is 19.1. The molecule has 0 amide bonds. The van der Waals surface area contributed by atoms with Crippen LogP contribution in [0.15, 0.2) is 94.7 Å². The molecule has 0 saturated heterocycles. The number of carbonyl (C=O) groups is 1. The lowest BCUT2D eigenvalue weighted by Gasteiger charge is -2.26. The number of sulfone groups is 1. The molecule has 9 nitrogen and oxygen atoms in total. The number of anilines is 1. The van der Waals surface area contributed by atoms with Crippen LogP contribution in [0.4, 0.5) is 5.69 Å². The third-order valence-electron chi connectivity index (χ3n) is 6.25. The number of hydrogen-bond acceptors (Lipinski definition) is 8. The maximum atomic E-state index is 13.8. The summed E-state index contributed by atoms with van der Waals surface area (Å²) in [6.45, 7) is 1.14. The van der Waals surface area contributed by atoms with E-state index in [1.165, 1.54) is 56.7 Å². The molecule has 4 aromatic carbocycles. The zero-order chi connectivity index (χ0) is 28.9. The molecule has 0 radical (unpaired) electrons. The molecule has 0 aliphatic rings. The summed E-state index contributed by atoms with van der Waals surface area (Å²) >= 11 is 0. The van der Waals surface area contributed by atoms with Crippen LogP contribution < -0.4 is 13.8 Å². The fourth-order valence-electron chi connectivity index (χ4n) is 4.26. The zero-order valence-corrected chi connectivity index (χ0v) is 23.9. The number of methoxy groups -OCH3 is 2. The summed E-state index contributed by atoms with van der Waals surface area (Å²) in [6, 6.07) is 21.9. The number of hydrogen-bond donors (Lipinski definition) is 0. The van der Waals surface area contributed by atoms with Crippen LogP contribution in [0.3, 0.4) is 0 Å². The van der Waals surface area contributed by atoms with Crippen LogP contribution in [0.1, 0.15) is 12.5 Å². The quantitative estimate of drug-likeness (QED) is 0.236. The van der Waals surface area contributed by atoms with E-state index in [9.17, 15) is 21.6 Å². The van der Waals surface area contributed by atoms with Crippen molar-refractivity contribution in [3.05, 3.63) is 90.5 Å². The second-order valence-corrected chi connectivity index (χ2v) is 12.6. The Labute approximate surface area is 233 Å². The highest BCUT2D eigenvalue weighted by atomic mass is 32.2. The van der Waals surface area contributed by atoms with Crippen molar-refractivity contribution < 1.29 is 35.8 Å². The molecule has 0 heterocycles. The first kappa shape index (κ1) is 28.9. The van der Waals surface area contributed by atoms with E-state index in [2.05, 4.69) is 0 Å². The second kappa shape index (κ2) is 12.0. The summed E-state index contributed by atoms with van der Waals surface area (Å²) < 4.78 is 70.5. The van der Waals surface area contributed by atoms with Crippen LogP contribution in [0.25, 0.3) is 10.8 Å². The molecule has 4 aromatic rings. The van der Waals surface area contributed by atoms with E-state index < -0.39 is 32.4 Å². The molecule has 0 spiro atoms. The monoisotopic (exact) mass is 583 g/mol. The Morgan fingerprint density at radius 1 is 0.725 bits per heavy atom. The van der Waals surface area contributed by atoms with Gasteiger partial charge in [0, 0.05) is 5.39 Å². The lowest BCUT2D eigenvalue weighted by atomic mass is 10.0. The first-order valence-electron chi connectivity index (χ1n) is 12.3. The number of rotatable bonds is 11. The number of benzene rings is 4. The summed E-state index contributed by atoms with van der Waals surface area (Å²) in [7, 11) is -5.01. The molecule has 11 heteroatoms. The van der Waals surface area contributed by atoms with E-state index in [1.54, 1.807) is 49.4 Å². The molecule has 0 aliphatic carbocycles. The maximum absolute atomic E-state index is 13.8. The molecule has 0 fully saturated rings. The summed E-state index contributed by atoms with van der Waals surface area (Å²) in [5.41, 5.74) is 0.693. The SMILES string of the molecule is CCOC(=O)CN(c1ccc(CS(=O)(=O)c2ccc(OC)cc2)c2ccccc12)S(=O)(=O)c1ccc(OC)cc1. The van der Waals surface area contributed by atoms with Gasteiger partial charge >= 0.3 is 5.97 Å². The van der Waals surface area contributed by atoms with Gasteiger partial charge in [-0.25, -0.2) is 16.8 Å². The average Bonchev–Trinajstić information content (AvgIpc) is 2.96. The van der Waals surface area contributed by atoms with Gasteiger partial charge in [0.15, 0.2) is 9.84 Å². The van der Waals surface area contributed by atoms with Gasteiger partial charge in [-0.1, -0.05) is 30.3 Å². The number of ether oxygens (including phenoxy) is 3. The molecule has 40 heavy (non-hydrogen) atoms. The highest BCUT2D eigenvalue weighted by Crippen LogP contribution is 2.35. The summed E-state index contributed by atoms with van der Waals surface area (Å²) in [5, 5.41) is 1.00. The van der Waals surface area contributed by atoms with Crippen molar-refractivity contribution in [2.75, 3.05) is 31.7 Å². The largest absolute Gasteiger partial charge is 0.497 e. The molecule has 0 bridgehead atoms. The Balaban J connectivity index is 1.81. The van der Waals surface area contributed by atoms with Crippen molar-refractivity contribution in [3.63, 3.8) is 0 Å². The summed E-state index contributed by atoms with van der Waals surface area (Å²) in [4.78, 5) is 12.6. The Bertz CT molecular complexity index is 1720. The fraction of sp³-hybridized carbons (Fsp3) is 0.207. The van der Waals surface area contributed by atoms with Gasteiger partial charge < -0.3 is 14.2 Å². The Kier molecular flexibility index (Phi) is 8.65. The van der Waals surface area contributed by atoms with Gasteiger partial charge in [0.25, 0.3) is 10.0 Å². The van der Waals surface area contributed by atoms with E-state index in [4.69, 9.17) is 14.2 Å². The lowest BCUT2D eigenvalue weighted by molar-refractivity contribution is -0.141. The Morgan fingerprint density at radius 2 is 1.27 bits per heavy atom. The molecule has 4 rings (SSSR count). The predicted octanol–water partition coefficient (Wildman–Crippen LogP) is 4.59. The van der Waals surface area contributed by atoms with Gasteiger partial charge in [-0.15, -0.1) is 0 Å². The smallest absolute Gasteiger partial charge is 0.326 e. The zero-order valence-electron chi connectivity index (χ0n) is 22.2. The number of fused-ring (bicyclic) bond motifs is 1. The van der Waals surface area contributed by atoms with Crippen LogP contribution >= 0.6 is 0 Å². The van der Waals surface area contributed by atoms with Gasteiger partial charge in [0.1, 0.15) is 18.0 Å². The third kappa shape index (κ3) is 6.05. The van der Waals surface area contributed by atoms with Crippen LogP contribution in [-0.4, -0.2) is 50.2 Å². The molecular weight excluding hydrogens is 554 g/mol. The minimum absolute atomic E-state index is 0.0483.